The molecule has 0 aromatic heterocycles. The molecule has 0 radical (unpaired) electrons. The average molecular weight is 897 g/mol. The number of likely N-dealkylation sites (tertiary alicyclic amines) is 2. The van der Waals surface area contributed by atoms with Crippen molar-refractivity contribution in [3.8, 4) is 58.0 Å². The van der Waals surface area contributed by atoms with Crippen molar-refractivity contribution >= 4 is 33.5 Å². The van der Waals surface area contributed by atoms with Gasteiger partial charge in [-0.05, 0) is 141 Å². The molecule has 5 aromatic rings. The zero-order valence-electron chi connectivity index (χ0n) is 39.0. The van der Waals surface area contributed by atoms with Gasteiger partial charge in [-0.15, -0.1) is 0 Å². The predicted octanol–water partition coefficient (Wildman–Crippen LogP) is 12.2. The second kappa shape index (κ2) is 18.4. The second-order valence-electron chi connectivity index (χ2n) is 19.9. The first-order chi connectivity index (χ1) is 32.8. The van der Waals surface area contributed by atoms with Crippen molar-refractivity contribution in [3.05, 3.63) is 142 Å². The van der Waals surface area contributed by atoms with E-state index in [1.165, 1.54) is 0 Å². The van der Waals surface area contributed by atoms with Gasteiger partial charge in [-0.25, -0.2) is 9.59 Å². The van der Waals surface area contributed by atoms with E-state index in [1.807, 2.05) is 48.5 Å². The summed E-state index contributed by atoms with van der Waals surface area (Å²) in [5.74, 6) is -1.000. The van der Waals surface area contributed by atoms with Crippen molar-refractivity contribution in [2.24, 2.45) is 10.8 Å². The van der Waals surface area contributed by atoms with Gasteiger partial charge in [-0.1, -0.05) is 100 Å². The lowest BCUT2D eigenvalue weighted by Gasteiger charge is -2.37. The molecule has 9 rings (SSSR count). The molecule has 0 bridgehead atoms. The molecule has 2 aliphatic carbocycles. The third-order valence-electron chi connectivity index (χ3n) is 13.9. The summed E-state index contributed by atoms with van der Waals surface area (Å²) >= 11 is 0. The molecule has 0 atom stereocenters. The van der Waals surface area contributed by atoms with Crippen LogP contribution in [0.3, 0.4) is 0 Å². The van der Waals surface area contributed by atoms with E-state index in [0.717, 1.165) is 107 Å². The molecular formula is C58H52N6O4. The van der Waals surface area contributed by atoms with Gasteiger partial charge >= 0.3 is 11.9 Å². The molecule has 2 saturated heterocycles. The van der Waals surface area contributed by atoms with Gasteiger partial charge in [0.05, 0.1) is 11.1 Å². The highest BCUT2D eigenvalue weighted by atomic mass is 16.5. The Morgan fingerprint density at radius 3 is 1.10 bits per heavy atom. The van der Waals surface area contributed by atoms with Gasteiger partial charge in [-0.3, -0.25) is 0 Å². The molecule has 2 fully saturated rings. The Morgan fingerprint density at radius 2 is 0.809 bits per heavy atom. The number of nitriles is 4. The van der Waals surface area contributed by atoms with E-state index in [4.69, 9.17) is 9.47 Å². The van der Waals surface area contributed by atoms with Gasteiger partial charge in [0.1, 0.15) is 46.9 Å². The quantitative estimate of drug-likeness (QED) is 0.0483. The summed E-state index contributed by atoms with van der Waals surface area (Å²) in [6, 6.07) is 39.8. The zero-order chi connectivity index (χ0) is 47.7. The highest BCUT2D eigenvalue weighted by Gasteiger charge is 2.38. The third kappa shape index (κ3) is 8.63. The normalized spacial score (nSPS) is 19.2. The maximum absolute atomic E-state index is 13.8. The molecule has 2 heterocycles. The van der Waals surface area contributed by atoms with Crippen molar-refractivity contribution in [2.45, 2.75) is 79.1 Å². The minimum atomic E-state index is -0.782. The van der Waals surface area contributed by atoms with Crippen molar-refractivity contribution in [2.75, 3.05) is 26.2 Å². The number of carbonyl (C=O) groups is 2. The van der Waals surface area contributed by atoms with E-state index in [0.29, 0.717) is 48.0 Å². The van der Waals surface area contributed by atoms with Crippen molar-refractivity contribution in [1.29, 1.82) is 21.0 Å². The minimum Gasteiger partial charge on any atom is -0.422 e. The van der Waals surface area contributed by atoms with E-state index in [1.54, 1.807) is 24.3 Å². The largest absolute Gasteiger partial charge is 0.422 e. The lowest BCUT2D eigenvalue weighted by Crippen LogP contribution is -2.31. The van der Waals surface area contributed by atoms with Crippen LogP contribution >= 0.6 is 0 Å². The highest BCUT2D eigenvalue weighted by Crippen LogP contribution is 2.48. The van der Waals surface area contributed by atoms with Gasteiger partial charge in [0.25, 0.3) is 0 Å². The molecule has 4 aliphatic rings. The molecule has 338 valence electrons. The number of hydrogen-bond acceptors (Lipinski definition) is 10. The fourth-order valence-corrected chi connectivity index (χ4v) is 10.8. The SMILES string of the molecule is CC1(C)CC(N2CCCC2)=C(C#N)/C(=C(\C#N)C(=O)Oc2ccc(-c3c4ccccc4c(-c4ccc(OC(=O)/C(C#N)=C5\CC(C)(C)CC(N6CCCC6)=C5C#N)cc4)c4ccccc34)cc2)C1. The monoisotopic (exact) mass is 896 g/mol. The van der Waals surface area contributed by atoms with Crippen LogP contribution in [0.5, 0.6) is 11.5 Å². The number of esters is 2. The van der Waals surface area contributed by atoms with Gasteiger partial charge in [-0.2, -0.15) is 21.0 Å². The maximum atomic E-state index is 13.8. The summed E-state index contributed by atoms with van der Waals surface area (Å²) in [5, 5.41) is 45.4. The first-order valence-corrected chi connectivity index (χ1v) is 23.5. The number of rotatable bonds is 8. The Morgan fingerprint density at radius 1 is 0.485 bits per heavy atom. The van der Waals surface area contributed by atoms with Crippen LogP contribution in [-0.4, -0.2) is 47.9 Å². The number of ether oxygens (including phenoxy) is 2. The number of allylic oxidation sites excluding steroid dienone is 6. The summed E-state index contributed by atoms with van der Waals surface area (Å²) in [4.78, 5) is 32.1. The Bertz CT molecular complexity index is 2930. The van der Waals surface area contributed by atoms with Crippen molar-refractivity contribution < 1.29 is 19.1 Å². The number of hydrogen-bond donors (Lipinski definition) is 0. The first-order valence-electron chi connectivity index (χ1n) is 23.5. The molecule has 5 aromatic carbocycles. The standard InChI is InChI=1S/C58H52N6O4/c1-57(2)29-45(47(33-59)51(31-57)63-25-9-10-26-63)49(35-61)55(65)67-39-21-17-37(18-22-39)53-41-13-5-7-15-43(41)54(44-16-8-6-14-42(44)53)38-19-23-40(24-20-38)68-56(66)50(36-62)46-30-58(3,4)32-52(48(46)34-60)64-27-11-12-28-64/h5-8,13-24H,9-12,25-32H2,1-4H3/b49-45+,50-46+. The molecule has 0 N–H and O–H groups in total. The van der Waals surface area contributed by atoms with Crippen molar-refractivity contribution in [3.63, 3.8) is 0 Å². The second-order valence-corrected chi connectivity index (χ2v) is 19.9. The van der Waals surface area contributed by atoms with Gasteiger partial charge in [0.15, 0.2) is 0 Å². The fourth-order valence-electron chi connectivity index (χ4n) is 10.8. The molecule has 68 heavy (non-hydrogen) atoms. The minimum absolute atomic E-state index is 0.139. The lowest BCUT2D eigenvalue weighted by atomic mass is 9.72. The zero-order valence-corrected chi connectivity index (χ0v) is 39.0. The predicted molar refractivity (Wildman–Crippen MR) is 262 cm³/mol. The van der Waals surface area contributed by atoms with E-state index >= 15 is 0 Å². The first kappa shape index (κ1) is 45.2. The van der Waals surface area contributed by atoms with E-state index in [-0.39, 0.29) is 33.5 Å². The highest BCUT2D eigenvalue weighted by molar-refractivity contribution is 6.21. The fraction of sp³-hybridized carbons (Fsp3) is 0.310. The Labute approximate surface area is 397 Å². The summed E-state index contributed by atoms with van der Waals surface area (Å²) < 4.78 is 11.8. The average Bonchev–Trinajstić information content (AvgIpc) is 4.08. The Hall–Kier alpha value is -7.92. The van der Waals surface area contributed by atoms with Crippen molar-refractivity contribution in [1.82, 2.24) is 9.80 Å². The topological polar surface area (TPSA) is 154 Å². The van der Waals surface area contributed by atoms with E-state index in [2.05, 4.69) is 86.0 Å². The summed E-state index contributed by atoms with van der Waals surface area (Å²) in [6.45, 7) is 11.8. The smallest absolute Gasteiger partial charge is 0.354 e. The number of benzene rings is 5. The Balaban J connectivity index is 1.01. The van der Waals surface area contributed by atoms with Crippen LogP contribution in [0.15, 0.2) is 142 Å². The van der Waals surface area contributed by atoms with Crippen LogP contribution in [0.25, 0.3) is 43.8 Å². The van der Waals surface area contributed by atoms with Gasteiger partial charge in [0, 0.05) is 37.6 Å². The van der Waals surface area contributed by atoms with Crippen LogP contribution in [-0.2, 0) is 9.59 Å². The molecular weight excluding hydrogens is 845 g/mol. The number of fused-ring (bicyclic) bond motifs is 2. The van der Waals surface area contributed by atoms with Crippen LogP contribution in [0.2, 0.25) is 0 Å². The van der Waals surface area contributed by atoms with E-state index < -0.39 is 11.9 Å². The molecule has 2 aliphatic heterocycles. The number of nitrogens with zero attached hydrogens (tertiary/aromatic N) is 6. The maximum Gasteiger partial charge on any atom is 0.354 e. The van der Waals surface area contributed by atoms with Crippen LogP contribution in [0.4, 0.5) is 0 Å². The molecule has 10 nitrogen and oxygen atoms in total. The van der Waals surface area contributed by atoms with Crippen LogP contribution in [0.1, 0.15) is 79.1 Å². The molecule has 0 amide bonds. The van der Waals surface area contributed by atoms with Crippen LogP contribution in [0, 0.1) is 56.2 Å². The number of carbonyl (C=O) groups excluding carboxylic acids is 2. The molecule has 0 unspecified atom stereocenters. The Kier molecular flexibility index (Phi) is 12.2. The summed E-state index contributed by atoms with van der Waals surface area (Å²) in [6.07, 6.45) is 6.43. The summed E-state index contributed by atoms with van der Waals surface area (Å²) in [5.41, 5.74) is 6.56. The van der Waals surface area contributed by atoms with E-state index in [9.17, 15) is 30.6 Å². The summed E-state index contributed by atoms with van der Waals surface area (Å²) in [7, 11) is 0. The molecule has 10 heteroatoms. The molecule has 0 spiro atoms. The van der Waals surface area contributed by atoms with Crippen LogP contribution < -0.4 is 9.47 Å². The lowest BCUT2D eigenvalue weighted by molar-refractivity contribution is -0.130. The van der Waals surface area contributed by atoms with Gasteiger partial charge < -0.3 is 19.3 Å². The molecule has 0 saturated carbocycles. The third-order valence-corrected chi connectivity index (χ3v) is 13.9. The van der Waals surface area contributed by atoms with Gasteiger partial charge in [0.2, 0.25) is 0 Å².